The van der Waals surface area contributed by atoms with Crippen LogP contribution in [0.25, 0.3) is 0 Å². The molecule has 2 aromatic rings. The maximum Gasteiger partial charge on any atom is 0.388 e. The van der Waals surface area contributed by atoms with Gasteiger partial charge >= 0.3 is 6.61 Å². The molecule has 0 radical (unpaired) electrons. The van der Waals surface area contributed by atoms with Gasteiger partial charge in [0.1, 0.15) is 12.4 Å². The molecule has 126 valence electrons. The number of anilines is 1. The van der Waals surface area contributed by atoms with Gasteiger partial charge in [0.15, 0.2) is 0 Å². The number of rotatable bonds is 3. The molecule has 1 aromatic carbocycles. The van der Waals surface area contributed by atoms with E-state index in [0.29, 0.717) is 30.2 Å². The van der Waals surface area contributed by atoms with Crippen LogP contribution in [0.3, 0.4) is 0 Å². The van der Waals surface area contributed by atoms with Crippen LogP contribution >= 0.6 is 0 Å². The third kappa shape index (κ3) is 3.15. The number of hydrogen-bond acceptors (Lipinski definition) is 4. The Bertz CT molecular complexity index is 763. The van der Waals surface area contributed by atoms with Crippen LogP contribution in [0.2, 0.25) is 0 Å². The van der Waals surface area contributed by atoms with Crippen LogP contribution in [0.1, 0.15) is 21.5 Å². The normalized spacial score (nSPS) is 13.5. The molecule has 0 saturated carbocycles. The van der Waals surface area contributed by atoms with Gasteiger partial charge in [0, 0.05) is 12.3 Å². The Labute approximate surface area is 137 Å². The number of nitrogens with zero attached hydrogens (tertiary/aromatic N) is 2. The van der Waals surface area contributed by atoms with Crippen molar-refractivity contribution < 1.29 is 23.0 Å². The fraction of sp³-hybridized carbons (Fsp3) is 0.294. The lowest BCUT2D eigenvalue weighted by Crippen LogP contribution is -2.38. The molecule has 1 aliphatic heterocycles. The van der Waals surface area contributed by atoms with Crippen molar-refractivity contribution >= 4 is 11.6 Å². The SMILES string of the molecule is Cc1cc(C)c2c(c1)N(C(=O)c1ccc(OC(F)F)nc1)CCO2. The summed E-state index contributed by atoms with van der Waals surface area (Å²) in [6.07, 6.45) is 1.23. The Morgan fingerprint density at radius 1 is 1.33 bits per heavy atom. The minimum absolute atomic E-state index is 0.226. The molecule has 0 saturated heterocycles. The van der Waals surface area contributed by atoms with Gasteiger partial charge in [-0.3, -0.25) is 4.79 Å². The van der Waals surface area contributed by atoms with Crippen LogP contribution in [0.4, 0.5) is 14.5 Å². The number of benzene rings is 1. The van der Waals surface area contributed by atoms with Crippen molar-refractivity contribution in [1.29, 1.82) is 0 Å². The third-order valence-corrected chi connectivity index (χ3v) is 3.69. The van der Waals surface area contributed by atoms with E-state index in [1.807, 2.05) is 26.0 Å². The minimum atomic E-state index is -2.95. The Hall–Kier alpha value is -2.70. The van der Waals surface area contributed by atoms with Gasteiger partial charge in [0.2, 0.25) is 5.88 Å². The van der Waals surface area contributed by atoms with Crippen LogP contribution < -0.4 is 14.4 Å². The topological polar surface area (TPSA) is 51.7 Å². The highest BCUT2D eigenvalue weighted by Crippen LogP contribution is 2.36. The number of alkyl halides is 2. The predicted octanol–water partition coefficient (Wildman–Crippen LogP) is 3.34. The molecule has 5 nitrogen and oxygen atoms in total. The lowest BCUT2D eigenvalue weighted by molar-refractivity contribution is -0.0528. The van der Waals surface area contributed by atoms with Gasteiger partial charge in [0.25, 0.3) is 5.91 Å². The largest absolute Gasteiger partial charge is 0.489 e. The summed E-state index contributed by atoms with van der Waals surface area (Å²) in [5.74, 6) is 0.196. The number of carbonyl (C=O) groups excluding carboxylic acids is 1. The molecular formula is C17H16F2N2O3. The fourth-order valence-electron chi connectivity index (χ4n) is 2.71. The van der Waals surface area contributed by atoms with Crippen LogP contribution in [-0.2, 0) is 0 Å². The summed E-state index contributed by atoms with van der Waals surface area (Å²) in [7, 11) is 0. The molecule has 2 heterocycles. The summed E-state index contributed by atoms with van der Waals surface area (Å²) >= 11 is 0. The third-order valence-electron chi connectivity index (χ3n) is 3.69. The molecule has 24 heavy (non-hydrogen) atoms. The van der Waals surface area contributed by atoms with Gasteiger partial charge in [-0.25, -0.2) is 4.98 Å². The molecule has 0 spiro atoms. The zero-order chi connectivity index (χ0) is 17.3. The molecule has 1 aromatic heterocycles. The van der Waals surface area contributed by atoms with Crippen LogP contribution in [0.5, 0.6) is 11.6 Å². The second kappa shape index (κ2) is 6.43. The molecular weight excluding hydrogens is 318 g/mol. The lowest BCUT2D eigenvalue weighted by atomic mass is 10.1. The summed E-state index contributed by atoms with van der Waals surface area (Å²) in [5.41, 5.74) is 2.98. The molecule has 3 rings (SSSR count). The highest BCUT2D eigenvalue weighted by atomic mass is 19.3. The van der Waals surface area contributed by atoms with Gasteiger partial charge in [0.05, 0.1) is 17.8 Å². The van der Waals surface area contributed by atoms with Crippen LogP contribution in [0.15, 0.2) is 30.5 Å². The summed E-state index contributed by atoms with van der Waals surface area (Å²) in [6, 6.07) is 6.55. The average Bonchev–Trinajstić information content (AvgIpc) is 2.54. The van der Waals surface area contributed by atoms with Gasteiger partial charge in [-0.1, -0.05) is 6.07 Å². The molecule has 0 aliphatic carbocycles. The number of aryl methyl sites for hydroxylation is 2. The van der Waals surface area contributed by atoms with E-state index < -0.39 is 6.61 Å². The van der Waals surface area contributed by atoms with E-state index in [2.05, 4.69) is 9.72 Å². The number of pyridine rings is 1. The molecule has 1 amide bonds. The molecule has 0 N–H and O–H groups in total. The second-order valence-electron chi connectivity index (χ2n) is 5.50. The first-order valence-corrected chi connectivity index (χ1v) is 7.42. The second-order valence-corrected chi connectivity index (χ2v) is 5.50. The van der Waals surface area contributed by atoms with Crippen molar-refractivity contribution in [3.8, 4) is 11.6 Å². The van der Waals surface area contributed by atoms with Crippen LogP contribution in [-0.4, -0.2) is 30.7 Å². The highest BCUT2D eigenvalue weighted by Gasteiger charge is 2.26. The quantitative estimate of drug-likeness (QED) is 0.864. The van der Waals surface area contributed by atoms with E-state index in [9.17, 15) is 13.6 Å². The molecule has 0 atom stereocenters. The molecule has 0 fully saturated rings. The highest BCUT2D eigenvalue weighted by molar-refractivity contribution is 6.07. The van der Waals surface area contributed by atoms with Crippen molar-refractivity contribution in [3.63, 3.8) is 0 Å². The maximum absolute atomic E-state index is 12.8. The summed E-state index contributed by atoms with van der Waals surface area (Å²) in [5, 5.41) is 0. The van der Waals surface area contributed by atoms with E-state index in [4.69, 9.17) is 4.74 Å². The molecule has 7 heteroatoms. The first kappa shape index (κ1) is 16.2. The van der Waals surface area contributed by atoms with E-state index in [1.165, 1.54) is 18.3 Å². The minimum Gasteiger partial charge on any atom is -0.489 e. The van der Waals surface area contributed by atoms with Gasteiger partial charge in [-0.15, -0.1) is 0 Å². The standard InChI is InChI=1S/C17H16F2N2O3/c1-10-7-11(2)15-13(8-10)21(5-6-23-15)16(22)12-3-4-14(20-9-12)24-17(18)19/h3-4,7-9,17H,5-6H2,1-2H3. The van der Waals surface area contributed by atoms with E-state index in [-0.39, 0.29) is 11.8 Å². The van der Waals surface area contributed by atoms with Crippen molar-refractivity contribution in [1.82, 2.24) is 4.98 Å². The Balaban J connectivity index is 1.89. The van der Waals surface area contributed by atoms with Crippen LogP contribution in [0, 0.1) is 13.8 Å². The van der Waals surface area contributed by atoms with Crippen molar-refractivity contribution in [2.24, 2.45) is 0 Å². The predicted molar refractivity (Wildman–Crippen MR) is 84.0 cm³/mol. The van der Waals surface area contributed by atoms with Crippen molar-refractivity contribution in [2.75, 3.05) is 18.1 Å². The van der Waals surface area contributed by atoms with Gasteiger partial charge in [-0.2, -0.15) is 8.78 Å². The van der Waals surface area contributed by atoms with Crippen molar-refractivity contribution in [2.45, 2.75) is 20.5 Å². The number of ether oxygens (including phenoxy) is 2. The summed E-state index contributed by atoms with van der Waals surface area (Å²) in [4.78, 5) is 18.1. The Kier molecular flexibility index (Phi) is 4.33. The number of hydrogen-bond donors (Lipinski definition) is 0. The number of amides is 1. The van der Waals surface area contributed by atoms with Gasteiger partial charge in [-0.05, 0) is 37.1 Å². The molecule has 0 unspecified atom stereocenters. The molecule has 0 bridgehead atoms. The van der Waals surface area contributed by atoms with E-state index >= 15 is 0 Å². The zero-order valence-corrected chi connectivity index (χ0v) is 13.3. The monoisotopic (exact) mass is 334 g/mol. The number of fused-ring (bicyclic) bond motifs is 1. The first-order chi connectivity index (χ1) is 11.5. The Morgan fingerprint density at radius 3 is 2.79 bits per heavy atom. The molecule has 1 aliphatic rings. The smallest absolute Gasteiger partial charge is 0.388 e. The fourth-order valence-corrected chi connectivity index (χ4v) is 2.71. The van der Waals surface area contributed by atoms with E-state index in [1.54, 1.807) is 4.90 Å². The zero-order valence-electron chi connectivity index (χ0n) is 13.3. The summed E-state index contributed by atoms with van der Waals surface area (Å²) in [6.45, 7) is 1.73. The maximum atomic E-state index is 12.8. The van der Waals surface area contributed by atoms with Crippen molar-refractivity contribution in [3.05, 3.63) is 47.2 Å². The number of halogens is 2. The first-order valence-electron chi connectivity index (χ1n) is 7.42. The lowest BCUT2D eigenvalue weighted by Gasteiger charge is -2.31. The van der Waals surface area contributed by atoms with Gasteiger partial charge < -0.3 is 14.4 Å². The average molecular weight is 334 g/mol. The number of aromatic nitrogens is 1. The number of carbonyl (C=O) groups is 1. The van der Waals surface area contributed by atoms with E-state index in [0.717, 1.165) is 11.1 Å². The summed E-state index contributed by atoms with van der Waals surface area (Å²) < 4.78 is 34.2. The Morgan fingerprint density at radius 2 is 2.12 bits per heavy atom.